The average molecular weight is 255 g/mol. The molecule has 2 amide bonds. The van der Waals surface area contributed by atoms with Gasteiger partial charge in [-0.3, -0.25) is 9.59 Å². The SMILES string of the molecule is CC(C)CNC(=O)CN1N=C(C(=O)O)CCC1=O. The van der Waals surface area contributed by atoms with Crippen molar-refractivity contribution < 1.29 is 19.5 Å². The second-order valence-electron chi connectivity index (χ2n) is 4.50. The van der Waals surface area contributed by atoms with E-state index in [2.05, 4.69) is 10.4 Å². The molecule has 1 rings (SSSR count). The zero-order chi connectivity index (χ0) is 13.7. The van der Waals surface area contributed by atoms with E-state index in [1.807, 2.05) is 13.8 Å². The normalized spacial score (nSPS) is 15.6. The fraction of sp³-hybridized carbons (Fsp3) is 0.636. The number of aliphatic carboxylic acids is 1. The third-order valence-corrected chi connectivity index (χ3v) is 2.35. The van der Waals surface area contributed by atoms with Crippen molar-refractivity contribution >= 4 is 23.5 Å². The lowest BCUT2D eigenvalue weighted by atomic mass is 10.1. The van der Waals surface area contributed by atoms with Crippen LogP contribution in [0.4, 0.5) is 0 Å². The van der Waals surface area contributed by atoms with Crippen molar-refractivity contribution in [1.82, 2.24) is 10.3 Å². The van der Waals surface area contributed by atoms with Crippen LogP contribution < -0.4 is 5.32 Å². The average Bonchev–Trinajstić information content (AvgIpc) is 2.29. The van der Waals surface area contributed by atoms with Crippen molar-refractivity contribution in [2.75, 3.05) is 13.1 Å². The number of hydrazone groups is 1. The first-order valence-corrected chi connectivity index (χ1v) is 5.78. The summed E-state index contributed by atoms with van der Waals surface area (Å²) in [5.41, 5.74) is -0.0914. The second kappa shape index (κ2) is 6.13. The highest BCUT2D eigenvalue weighted by Crippen LogP contribution is 2.08. The minimum Gasteiger partial charge on any atom is -0.477 e. The van der Waals surface area contributed by atoms with E-state index < -0.39 is 5.97 Å². The first-order chi connectivity index (χ1) is 8.40. The van der Waals surface area contributed by atoms with E-state index in [9.17, 15) is 14.4 Å². The standard InChI is InChI=1S/C11H17N3O4/c1-7(2)5-12-9(15)6-14-10(16)4-3-8(13-14)11(17)18/h7H,3-6H2,1-2H3,(H,12,15)(H,17,18). The van der Waals surface area contributed by atoms with Crippen LogP contribution in [0.1, 0.15) is 26.7 Å². The zero-order valence-corrected chi connectivity index (χ0v) is 10.5. The van der Waals surface area contributed by atoms with Gasteiger partial charge in [0, 0.05) is 19.4 Å². The quantitative estimate of drug-likeness (QED) is 0.712. The predicted octanol–water partition coefficient (Wildman–Crippen LogP) is -0.178. The van der Waals surface area contributed by atoms with Crippen LogP contribution in [0.15, 0.2) is 5.10 Å². The van der Waals surface area contributed by atoms with Gasteiger partial charge in [0.1, 0.15) is 12.3 Å². The number of nitrogens with zero attached hydrogens (tertiary/aromatic N) is 2. The Morgan fingerprint density at radius 3 is 2.67 bits per heavy atom. The lowest BCUT2D eigenvalue weighted by Crippen LogP contribution is -2.42. The summed E-state index contributed by atoms with van der Waals surface area (Å²) in [5.74, 6) is -1.52. The molecule has 0 aromatic heterocycles. The maximum Gasteiger partial charge on any atom is 0.352 e. The maximum atomic E-state index is 11.5. The number of hydrogen-bond acceptors (Lipinski definition) is 4. The molecule has 0 aromatic rings. The van der Waals surface area contributed by atoms with Crippen LogP contribution >= 0.6 is 0 Å². The monoisotopic (exact) mass is 255 g/mol. The molecular weight excluding hydrogens is 238 g/mol. The van der Waals surface area contributed by atoms with Gasteiger partial charge in [-0.1, -0.05) is 13.8 Å². The second-order valence-corrected chi connectivity index (χ2v) is 4.50. The molecule has 0 spiro atoms. The summed E-state index contributed by atoms with van der Waals surface area (Å²) in [4.78, 5) is 33.7. The Labute approximate surface area is 105 Å². The van der Waals surface area contributed by atoms with Gasteiger partial charge in [0.25, 0.3) is 0 Å². The number of hydrogen-bond donors (Lipinski definition) is 2. The fourth-order valence-electron chi connectivity index (χ4n) is 1.39. The first-order valence-electron chi connectivity index (χ1n) is 5.78. The van der Waals surface area contributed by atoms with E-state index in [0.29, 0.717) is 12.5 Å². The van der Waals surface area contributed by atoms with Crippen molar-refractivity contribution in [3.8, 4) is 0 Å². The van der Waals surface area contributed by atoms with Gasteiger partial charge in [0.15, 0.2) is 0 Å². The molecule has 0 atom stereocenters. The Bertz CT molecular complexity index is 390. The van der Waals surface area contributed by atoms with E-state index >= 15 is 0 Å². The largest absolute Gasteiger partial charge is 0.477 e. The van der Waals surface area contributed by atoms with Crippen LogP contribution in [0.25, 0.3) is 0 Å². The Morgan fingerprint density at radius 1 is 1.44 bits per heavy atom. The van der Waals surface area contributed by atoms with Crippen molar-refractivity contribution in [1.29, 1.82) is 0 Å². The predicted molar refractivity (Wildman–Crippen MR) is 63.9 cm³/mol. The molecule has 0 aromatic carbocycles. The summed E-state index contributed by atoms with van der Waals surface area (Å²) in [6.07, 6.45) is 0.181. The highest BCUT2D eigenvalue weighted by molar-refractivity contribution is 6.36. The molecule has 0 saturated heterocycles. The summed E-state index contributed by atoms with van der Waals surface area (Å²) in [6, 6.07) is 0. The fourth-order valence-corrected chi connectivity index (χ4v) is 1.39. The molecule has 1 heterocycles. The van der Waals surface area contributed by atoms with Gasteiger partial charge >= 0.3 is 5.97 Å². The highest BCUT2D eigenvalue weighted by atomic mass is 16.4. The lowest BCUT2D eigenvalue weighted by Gasteiger charge is -2.21. The molecule has 0 unspecified atom stereocenters. The Hall–Kier alpha value is -1.92. The van der Waals surface area contributed by atoms with Gasteiger partial charge in [-0.25, -0.2) is 9.80 Å². The molecule has 7 nitrogen and oxygen atoms in total. The summed E-state index contributed by atoms with van der Waals surface area (Å²) in [5, 5.41) is 16.0. The highest BCUT2D eigenvalue weighted by Gasteiger charge is 2.25. The minimum atomic E-state index is -1.16. The minimum absolute atomic E-state index is 0.0720. The Kier molecular flexibility index (Phi) is 4.82. The van der Waals surface area contributed by atoms with Crippen LogP contribution in [0.2, 0.25) is 0 Å². The van der Waals surface area contributed by atoms with Gasteiger partial charge < -0.3 is 10.4 Å². The molecule has 7 heteroatoms. The van der Waals surface area contributed by atoms with E-state index in [4.69, 9.17) is 5.11 Å². The van der Waals surface area contributed by atoms with Crippen LogP contribution in [0, 0.1) is 5.92 Å². The van der Waals surface area contributed by atoms with E-state index in [1.54, 1.807) is 0 Å². The number of amides is 2. The molecule has 0 aliphatic carbocycles. The number of rotatable bonds is 5. The van der Waals surface area contributed by atoms with Gasteiger partial charge in [-0.2, -0.15) is 5.10 Å². The molecule has 1 aliphatic heterocycles. The van der Waals surface area contributed by atoms with Crippen molar-refractivity contribution in [3.05, 3.63) is 0 Å². The zero-order valence-electron chi connectivity index (χ0n) is 10.5. The van der Waals surface area contributed by atoms with Crippen molar-refractivity contribution in [2.24, 2.45) is 11.0 Å². The number of carbonyl (C=O) groups excluding carboxylic acids is 2. The molecular formula is C11H17N3O4. The summed E-state index contributed by atoms with van der Waals surface area (Å²) in [6.45, 7) is 4.18. The number of carboxylic acid groups (broad SMARTS) is 1. The van der Waals surface area contributed by atoms with Crippen molar-refractivity contribution in [2.45, 2.75) is 26.7 Å². The number of carboxylic acids is 1. The summed E-state index contributed by atoms with van der Waals surface area (Å²) < 4.78 is 0. The van der Waals surface area contributed by atoms with Gasteiger partial charge in [-0.05, 0) is 5.92 Å². The van der Waals surface area contributed by atoms with Crippen LogP contribution in [0.5, 0.6) is 0 Å². The van der Waals surface area contributed by atoms with E-state index in [-0.39, 0.29) is 36.9 Å². The Morgan fingerprint density at radius 2 is 2.11 bits per heavy atom. The molecule has 0 bridgehead atoms. The van der Waals surface area contributed by atoms with E-state index in [1.165, 1.54) is 0 Å². The third kappa shape index (κ3) is 4.15. The topological polar surface area (TPSA) is 99.1 Å². The molecule has 18 heavy (non-hydrogen) atoms. The van der Waals surface area contributed by atoms with Crippen LogP contribution in [-0.4, -0.2) is 46.7 Å². The van der Waals surface area contributed by atoms with Crippen LogP contribution in [0.3, 0.4) is 0 Å². The van der Waals surface area contributed by atoms with Gasteiger partial charge in [0.05, 0.1) is 0 Å². The number of carbonyl (C=O) groups is 3. The smallest absolute Gasteiger partial charge is 0.352 e. The Balaban J connectivity index is 2.58. The maximum absolute atomic E-state index is 11.5. The summed E-state index contributed by atoms with van der Waals surface area (Å²) in [7, 11) is 0. The third-order valence-electron chi connectivity index (χ3n) is 2.35. The number of nitrogens with one attached hydrogen (secondary N) is 1. The van der Waals surface area contributed by atoms with Crippen LogP contribution in [-0.2, 0) is 14.4 Å². The summed E-state index contributed by atoms with van der Waals surface area (Å²) >= 11 is 0. The lowest BCUT2D eigenvalue weighted by molar-refractivity contribution is -0.137. The van der Waals surface area contributed by atoms with Gasteiger partial charge in [-0.15, -0.1) is 0 Å². The molecule has 0 saturated carbocycles. The van der Waals surface area contributed by atoms with Gasteiger partial charge in [0.2, 0.25) is 11.8 Å². The first kappa shape index (κ1) is 14.1. The van der Waals surface area contributed by atoms with Crippen molar-refractivity contribution in [3.63, 3.8) is 0 Å². The van der Waals surface area contributed by atoms with E-state index in [0.717, 1.165) is 5.01 Å². The molecule has 100 valence electrons. The molecule has 0 radical (unpaired) electrons. The molecule has 0 fully saturated rings. The molecule has 1 aliphatic rings. The molecule has 2 N–H and O–H groups in total.